The lowest BCUT2D eigenvalue weighted by Gasteiger charge is -2.19. The van der Waals surface area contributed by atoms with Gasteiger partial charge in [-0.15, -0.1) is 11.3 Å². The van der Waals surface area contributed by atoms with E-state index in [0.29, 0.717) is 21.6 Å². The standard InChI is InChI=1S/C20H22N4O3S/c25-18(21-17-15-11-16(20(26)27)28-19(15)23-22-17)14-7-5-13(6-8-14)12-24-9-3-1-2-4-10-24/h5-8,11H,1-4,9-10,12H2,(H,26,27)(H2,21,22,23,25). The van der Waals surface area contributed by atoms with Gasteiger partial charge in [-0.2, -0.15) is 5.10 Å². The number of aromatic amines is 1. The van der Waals surface area contributed by atoms with E-state index in [1.54, 1.807) is 0 Å². The van der Waals surface area contributed by atoms with Gasteiger partial charge >= 0.3 is 5.97 Å². The van der Waals surface area contributed by atoms with E-state index < -0.39 is 5.97 Å². The fourth-order valence-corrected chi connectivity index (χ4v) is 4.35. The zero-order valence-electron chi connectivity index (χ0n) is 15.4. The van der Waals surface area contributed by atoms with Gasteiger partial charge in [0.2, 0.25) is 0 Å². The molecule has 3 heterocycles. The number of H-pyrrole nitrogens is 1. The molecule has 3 aromatic rings. The monoisotopic (exact) mass is 398 g/mol. The fourth-order valence-electron chi connectivity index (χ4n) is 3.51. The summed E-state index contributed by atoms with van der Waals surface area (Å²) in [4.78, 5) is 27.0. The number of hydrogen-bond acceptors (Lipinski definition) is 5. The molecule has 8 heteroatoms. The van der Waals surface area contributed by atoms with E-state index in [1.165, 1.54) is 37.3 Å². The van der Waals surface area contributed by atoms with Crippen molar-refractivity contribution in [3.63, 3.8) is 0 Å². The molecular weight excluding hydrogens is 376 g/mol. The number of carboxylic acids is 1. The number of carbonyl (C=O) groups excluding carboxylic acids is 1. The number of aromatic carboxylic acids is 1. The van der Waals surface area contributed by atoms with Crippen LogP contribution in [0.1, 0.15) is 51.3 Å². The first-order chi connectivity index (χ1) is 13.6. The lowest BCUT2D eigenvalue weighted by atomic mass is 10.1. The molecule has 2 aromatic heterocycles. The molecule has 0 saturated carbocycles. The van der Waals surface area contributed by atoms with Crippen molar-refractivity contribution in [1.29, 1.82) is 0 Å². The van der Waals surface area contributed by atoms with Crippen LogP contribution in [0.15, 0.2) is 30.3 Å². The van der Waals surface area contributed by atoms with Gasteiger partial charge in [0, 0.05) is 12.1 Å². The maximum absolute atomic E-state index is 12.6. The Morgan fingerprint density at radius 3 is 2.54 bits per heavy atom. The summed E-state index contributed by atoms with van der Waals surface area (Å²) < 4.78 is 0. The third-order valence-corrected chi connectivity index (χ3v) is 6.05. The van der Waals surface area contributed by atoms with Crippen LogP contribution in [0, 0.1) is 0 Å². The number of nitrogens with one attached hydrogen (secondary N) is 2. The zero-order valence-corrected chi connectivity index (χ0v) is 16.2. The number of anilines is 1. The van der Waals surface area contributed by atoms with Crippen LogP contribution in [-0.2, 0) is 6.54 Å². The first-order valence-corrected chi connectivity index (χ1v) is 10.3. The van der Waals surface area contributed by atoms with Gasteiger partial charge in [0.15, 0.2) is 5.82 Å². The van der Waals surface area contributed by atoms with Gasteiger partial charge in [-0.3, -0.25) is 14.8 Å². The molecule has 1 aliphatic rings. The van der Waals surface area contributed by atoms with E-state index in [9.17, 15) is 9.59 Å². The highest BCUT2D eigenvalue weighted by Gasteiger charge is 2.16. The van der Waals surface area contributed by atoms with Gasteiger partial charge in [0.1, 0.15) is 9.71 Å². The minimum Gasteiger partial charge on any atom is -0.477 e. The Hall–Kier alpha value is -2.71. The van der Waals surface area contributed by atoms with Crippen LogP contribution in [0.2, 0.25) is 0 Å². The lowest BCUT2D eigenvalue weighted by Crippen LogP contribution is -2.24. The van der Waals surface area contributed by atoms with Gasteiger partial charge in [-0.1, -0.05) is 25.0 Å². The van der Waals surface area contributed by atoms with Crippen LogP contribution in [0.25, 0.3) is 10.2 Å². The molecule has 1 amide bonds. The Bertz CT molecular complexity index is 985. The molecule has 4 rings (SSSR count). The number of nitrogens with zero attached hydrogens (tertiary/aromatic N) is 2. The second-order valence-corrected chi connectivity index (χ2v) is 8.12. The number of carboxylic acid groups (broad SMARTS) is 1. The third-order valence-electron chi connectivity index (χ3n) is 5.02. The summed E-state index contributed by atoms with van der Waals surface area (Å²) in [6.45, 7) is 3.18. The highest BCUT2D eigenvalue weighted by atomic mass is 32.1. The Morgan fingerprint density at radius 1 is 1.14 bits per heavy atom. The molecule has 0 bridgehead atoms. The van der Waals surface area contributed by atoms with Gasteiger partial charge in [-0.25, -0.2) is 4.79 Å². The van der Waals surface area contributed by atoms with Crippen molar-refractivity contribution in [2.75, 3.05) is 18.4 Å². The van der Waals surface area contributed by atoms with Gasteiger partial charge in [0.05, 0.1) is 5.39 Å². The van der Waals surface area contributed by atoms with Crippen molar-refractivity contribution >= 4 is 39.2 Å². The van der Waals surface area contributed by atoms with Crippen molar-refractivity contribution < 1.29 is 14.7 Å². The van der Waals surface area contributed by atoms with Crippen LogP contribution in [0.5, 0.6) is 0 Å². The van der Waals surface area contributed by atoms with Crippen LogP contribution in [-0.4, -0.2) is 45.2 Å². The third kappa shape index (κ3) is 4.07. The molecular formula is C20H22N4O3S. The minimum absolute atomic E-state index is 0.206. The topological polar surface area (TPSA) is 98.3 Å². The predicted molar refractivity (Wildman–Crippen MR) is 109 cm³/mol. The number of carbonyl (C=O) groups is 2. The molecule has 1 saturated heterocycles. The molecule has 28 heavy (non-hydrogen) atoms. The van der Waals surface area contributed by atoms with Crippen molar-refractivity contribution in [2.24, 2.45) is 0 Å². The van der Waals surface area contributed by atoms with Crippen molar-refractivity contribution in [1.82, 2.24) is 15.1 Å². The van der Waals surface area contributed by atoms with E-state index in [-0.39, 0.29) is 10.8 Å². The SMILES string of the molecule is O=C(Nc1n[nH]c2sc(C(=O)O)cc12)c1ccc(CN2CCCCCC2)cc1. The van der Waals surface area contributed by atoms with E-state index in [4.69, 9.17) is 5.11 Å². The molecule has 146 valence electrons. The van der Waals surface area contributed by atoms with Crippen molar-refractivity contribution in [2.45, 2.75) is 32.2 Å². The van der Waals surface area contributed by atoms with Gasteiger partial charge in [-0.05, 0) is 49.7 Å². The number of rotatable bonds is 5. The maximum atomic E-state index is 12.6. The first-order valence-electron chi connectivity index (χ1n) is 9.44. The summed E-state index contributed by atoms with van der Waals surface area (Å²) in [5.41, 5.74) is 1.74. The van der Waals surface area contributed by atoms with Gasteiger partial charge < -0.3 is 10.4 Å². The molecule has 1 aromatic carbocycles. The van der Waals surface area contributed by atoms with Crippen molar-refractivity contribution in [3.8, 4) is 0 Å². The van der Waals surface area contributed by atoms with Crippen molar-refractivity contribution in [3.05, 3.63) is 46.3 Å². The Balaban J connectivity index is 1.43. The largest absolute Gasteiger partial charge is 0.477 e. The summed E-state index contributed by atoms with van der Waals surface area (Å²) in [5, 5.41) is 19.3. The molecule has 0 radical (unpaired) electrons. The van der Waals surface area contributed by atoms with E-state index in [2.05, 4.69) is 20.4 Å². The van der Waals surface area contributed by atoms with Crippen LogP contribution in [0.3, 0.4) is 0 Å². The summed E-state index contributed by atoms with van der Waals surface area (Å²) in [7, 11) is 0. The number of thiophene rings is 1. The first kappa shape index (κ1) is 18.6. The minimum atomic E-state index is -0.994. The van der Waals surface area contributed by atoms with Gasteiger partial charge in [0.25, 0.3) is 5.91 Å². The van der Waals surface area contributed by atoms with E-state index in [0.717, 1.165) is 31.0 Å². The normalized spacial score (nSPS) is 15.4. The summed E-state index contributed by atoms with van der Waals surface area (Å²) >= 11 is 1.10. The molecule has 7 nitrogen and oxygen atoms in total. The summed E-state index contributed by atoms with van der Waals surface area (Å²) in [5.74, 6) is -0.915. The van der Waals surface area contributed by atoms with E-state index >= 15 is 0 Å². The lowest BCUT2D eigenvalue weighted by molar-refractivity contribution is 0.0702. The molecule has 0 atom stereocenters. The molecule has 0 spiro atoms. The quantitative estimate of drug-likeness (QED) is 0.604. The smallest absolute Gasteiger partial charge is 0.345 e. The molecule has 3 N–H and O–H groups in total. The molecule has 0 aliphatic carbocycles. The highest BCUT2D eigenvalue weighted by molar-refractivity contribution is 7.20. The number of aromatic nitrogens is 2. The molecule has 1 aliphatic heterocycles. The number of hydrogen-bond donors (Lipinski definition) is 3. The van der Waals surface area contributed by atoms with E-state index in [1.807, 2.05) is 24.3 Å². The Labute approximate surface area is 166 Å². The predicted octanol–water partition coefficient (Wildman–Crippen LogP) is 3.95. The summed E-state index contributed by atoms with van der Waals surface area (Å²) in [6.07, 6.45) is 5.14. The zero-order chi connectivity index (χ0) is 19.5. The second-order valence-electron chi connectivity index (χ2n) is 7.07. The maximum Gasteiger partial charge on any atom is 0.345 e. The number of fused-ring (bicyclic) bond motifs is 1. The Kier molecular flexibility index (Phi) is 5.40. The Morgan fingerprint density at radius 2 is 1.86 bits per heavy atom. The summed E-state index contributed by atoms with van der Waals surface area (Å²) in [6, 6.07) is 9.15. The van der Waals surface area contributed by atoms with Crippen LogP contribution >= 0.6 is 11.3 Å². The molecule has 0 unspecified atom stereocenters. The second kappa shape index (κ2) is 8.12. The number of amides is 1. The average molecular weight is 398 g/mol. The highest BCUT2D eigenvalue weighted by Crippen LogP contribution is 2.29. The van der Waals surface area contributed by atoms with Crippen LogP contribution in [0.4, 0.5) is 5.82 Å². The number of likely N-dealkylation sites (tertiary alicyclic amines) is 1. The fraction of sp³-hybridized carbons (Fsp3) is 0.350. The number of benzene rings is 1. The average Bonchev–Trinajstić information content (AvgIpc) is 3.17. The van der Waals surface area contributed by atoms with Crippen LogP contribution < -0.4 is 5.32 Å². The molecule has 1 fully saturated rings.